The zero-order valence-electron chi connectivity index (χ0n) is 37.3. The number of aliphatic hydroxyl groups is 2. The van der Waals surface area contributed by atoms with Gasteiger partial charge in [-0.05, 0) is 25.7 Å². The van der Waals surface area contributed by atoms with Crippen molar-refractivity contribution in [3.8, 4) is 0 Å². The first kappa shape index (κ1) is 53.9. The minimum atomic E-state index is -0.777. The van der Waals surface area contributed by atoms with Crippen molar-refractivity contribution in [3.63, 3.8) is 0 Å². The molecule has 3 N–H and O–H groups in total. The van der Waals surface area contributed by atoms with E-state index in [2.05, 4.69) is 26.1 Å². The van der Waals surface area contributed by atoms with Crippen LogP contribution in [0.2, 0.25) is 0 Å². The number of esters is 1. The summed E-state index contributed by atoms with van der Waals surface area (Å²) >= 11 is 0. The molecule has 0 aliphatic carbocycles. The highest BCUT2D eigenvalue weighted by Gasteiger charge is 2.24. The molecule has 328 valence electrons. The van der Waals surface area contributed by atoms with Crippen LogP contribution in [0.15, 0.2) is 0 Å². The van der Waals surface area contributed by atoms with Gasteiger partial charge in [0.15, 0.2) is 0 Å². The number of unbranched alkanes of at least 4 members (excludes halogenated alkanes) is 33. The number of amides is 1. The highest BCUT2D eigenvalue weighted by atomic mass is 16.5. The van der Waals surface area contributed by atoms with E-state index in [1.54, 1.807) is 0 Å². The molecule has 1 amide bonds. The summed E-state index contributed by atoms with van der Waals surface area (Å²) in [6, 6.07) is -0.690. The Bertz CT molecular complexity index is 791. The number of rotatable bonds is 45. The van der Waals surface area contributed by atoms with Crippen LogP contribution in [-0.2, 0) is 14.3 Å². The van der Waals surface area contributed by atoms with Crippen LogP contribution in [0.5, 0.6) is 0 Å². The monoisotopic (exact) mass is 780 g/mol. The summed E-state index contributed by atoms with van der Waals surface area (Å²) in [5, 5.41) is 23.7. The number of ether oxygens (including phenoxy) is 1. The lowest BCUT2D eigenvalue weighted by Crippen LogP contribution is -2.46. The fourth-order valence-corrected chi connectivity index (χ4v) is 7.90. The Balaban J connectivity index is 4.54. The molecule has 0 saturated carbocycles. The van der Waals surface area contributed by atoms with E-state index in [0.717, 1.165) is 44.9 Å². The number of hydrogen-bond acceptors (Lipinski definition) is 5. The molecule has 0 rings (SSSR count). The van der Waals surface area contributed by atoms with E-state index in [9.17, 15) is 19.8 Å². The highest BCUT2D eigenvalue weighted by molar-refractivity contribution is 5.77. The Hall–Kier alpha value is -1.14. The van der Waals surface area contributed by atoms with E-state index in [0.29, 0.717) is 19.3 Å². The Morgan fingerprint density at radius 2 is 0.764 bits per heavy atom. The van der Waals surface area contributed by atoms with E-state index in [1.165, 1.54) is 186 Å². The SMILES string of the molecule is CCCCCCCCCCCCCCCCC(CC(=O)NC(CO)C(O)CCCCCCCCCCCC)OC(=O)CCCCCCCCCCCCCC. The van der Waals surface area contributed by atoms with Gasteiger partial charge < -0.3 is 20.3 Å². The second-order valence-electron chi connectivity index (χ2n) is 17.2. The molecule has 0 radical (unpaired) electrons. The molecule has 0 aliphatic heterocycles. The van der Waals surface area contributed by atoms with Crippen molar-refractivity contribution in [1.29, 1.82) is 0 Å². The maximum atomic E-state index is 13.1. The third-order valence-electron chi connectivity index (χ3n) is 11.7. The van der Waals surface area contributed by atoms with Crippen LogP contribution in [0, 0.1) is 0 Å². The second-order valence-corrected chi connectivity index (χ2v) is 17.2. The van der Waals surface area contributed by atoms with Crippen molar-refractivity contribution < 1.29 is 24.5 Å². The molecule has 3 unspecified atom stereocenters. The predicted octanol–water partition coefficient (Wildman–Crippen LogP) is 14.4. The highest BCUT2D eigenvalue weighted by Crippen LogP contribution is 2.18. The summed E-state index contributed by atoms with van der Waals surface area (Å²) in [5.74, 6) is -0.454. The van der Waals surface area contributed by atoms with Crippen LogP contribution in [-0.4, -0.2) is 46.9 Å². The van der Waals surface area contributed by atoms with Crippen molar-refractivity contribution in [1.82, 2.24) is 5.32 Å². The van der Waals surface area contributed by atoms with Crippen LogP contribution in [0.3, 0.4) is 0 Å². The number of carbonyl (C=O) groups is 2. The summed E-state index contributed by atoms with van der Waals surface area (Å²) in [6.07, 6.45) is 45.9. The number of nitrogens with one attached hydrogen (secondary N) is 1. The molecule has 0 spiro atoms. The number of carbonyl (C=O) groups excluding carboxylic acids is 2. The topological polar surface area (TPSA) is 95.9 Å². The fraction of sp³-hybridized carbons (Fsp3) is 0.959. The quantitative estimate of drug-likeness (QED) is 0.0422. The van der Waals surface area contributed by atoms with E-state index in [1.807, 2.05) is 0 Å². The molecule has 0 aromatic heterocycles. The molecule has 0 aromatic carbocycles. The number of aliphatic hydroxyl groups excluding tert-OH is 2. The Kier molecular flexibility index (Phi) is 43.1. The largest absolute Gasteiger partial charge is 0.462 e. The first-order valence-corrected chi connectivity index (χ1v) is 24.8. The van der Waals surface area contributed by atoms with Gasteiger partial charge in [0.2, 0.25) is 5.91 Å². The third-order valence-corrected chi connectivity index (χ3v) is 11.7. The maximum absolute atomic E-state index is 13.1. The van der Waals surface area contributed by atoms with Crippen molar-refractivity contribution >= 4 is 11.9 Å². The molecule has 0 fully saturated rings. The molecule has 55 heavy (non-hydrogen) atoms. The van der Waals surface area contributed by atoms with Crippen molar-refractivity contribution in [2.45, 2.75) is 296 Å². The van der Waals surface area contributed by atoms with Gasteiger partial charge in [-0.25, -0.2) is 0 Å². The van der Waals surface area contributed by atoms with Gasteiger partial charge in [-0.3, -0.25) is 9.59 Å². The molecule has 6 heteroatoms. The van der Waals surface area contributed by atoms with E-state index >= 15 is 0 Å². The van der Waals surface area contributed by atoms with Gasteiger partial charge in [0, 0.05) is 6.42 Å². The summed E-state index contributed by atoms with van der Waals surface area (Å²) < 4.78 is 5.92. The Labute approximate surface area is 343 Å². The molecule has 0 bridgehead atoms. The second kappa shape index (κ2) is 44.0. The van der Waals surface area contributed by atoms with Crippen LogP contribution >= 0.6 is 0 Å². The normalized spacial score (nSPS) is 13.2. The summed E-state index contributed by atoms with van der Waals surface area (Å²) in [7, 11) is 0. The van der Waals surface area contributed by atoms with Crippen LogP contribution < -0.4 is 5.32 Å². The standard InChI is InChI=1S/C49H97NO5/c1-4-7-10-13-16-19-22-24-25-26-28-31-34-37-40-45(55-49(54)42-39-36-33-30-27-23-20-17-14-11-8-5-2)43-48(53)50-46(44-51)47(52)41-38-35-32-29-21-18-15-12-9-6-3/h45-47,51-52H,4-44H2,1-3H3,(H,50,53). The van der Waals surface area contributed by atoms with Gasteiger partial charge in [-0.2, -0.15) is 0 Å². The van der Waals surface area contributed by atoms with Crippen LogP contribution in [0.25, 0.3) is 0 Å². The zero-order chi connectivity index (χ0) is 40.3. The molecular weight excluding hydrogens is 683 g/mol. The minimum Gasteiger partial charge on any atom is -0.462 e. The molecule has 0 aromatic rings. The molecule has 0 saturated heterocycles. The molecule has 0 heterocycles. The average molecular weight is 780 g/mol. The van der Waals surface area contributed by atoms with Gasteiger partial charge in [-0.1, -0.05) is 239 Å². The maximum Gasteiger partial charge on any atom is 0.306 e. The van der Waals surface area contributed by atoms with Crippen LogP contribution in [0.1, 0.15) is 278 Å². The van der Waals surface area contributed by atoms with Gasteiger partial charge in [-0.15, -0.1) is 0 Å². The van der Waals surface area contributed by atoms with Gasteiger partial charge in [0.05, 0.1) is 25.2 Å². The van der Waals surface area contributed by atoms with E-state index in [4.69, 9.17) is 4.74 Å². The first-order valence-electron chi connectivity index (χ1n) is 24.8. The summed E-state index contributed by atoms with van der Waals surface area (Å²) in [6.45, 7) is 6.49. The van der Waals surface area contributed by atoms with Crippen LogP contribution in [0.4, 0.5) is 0 Å². The van der Waals surface area contributed by atoms with Gasteiger partial charge in [0.25, 0.3) is 0 Å². The van der Waals surface area contributed by atoms with Gasteiger partial charge in [0.1, 0.15) is 6.10 Å². The molecule has 6 nitrogen and oxygen atoms in total. The van der Waals surface area contributed by atoms with Crippen molar-refractivity contribution in [3.05, 3.63) is 0 Å². The Morgan fingerprint density at radius 3 is 1.11 bits per heavy atom. The van der Waals surface area contributed by atoms with Crippen molar-refractivity contribution in [2.75, 3.05) is 6.61 Å². The lowest BCUT2D eigenvalue weighted by molar-refractivity contribution is -0.151. The zero-order valence-corrected chi connectivity index (χ0v) is 37.3. The van der Waals surface area contributed by atoms with E-state index in [-0.39, 0.29) is 24.9 Å². The fourth-order valence-electron chi connectivity index (χ4n) is 7.90. The minimum absolute atomic E-state index is 0.0874. The van der Waals surface area contributed by atoms with E-state index < -0.39 is 18.2 Å². The lowest BCUT2D eigenvalue weighted by Gasteiger charge is -2.24. The first-order chi connectivity index (χ1) is 27.0. The molecular formula is C49H97NO5. The average Bonchev–Trinajstić information content (AvgIpc) is 3.18. The van der Waals surface area contributed by atoms with Crippen molar-refractivity contribution in [2.24, 2.45) is 0 Å². The summed E-state index contributed by atoms with van der Waals surface area (Å²) in [4.78, 5) is 26.0. The predicted molar refractivity (Wildman–Crippen MR) is 237 cm³/mol. The Morgan fingerprint density at radius 1 is 0.455 bits per heavy atom. The molecule has 3 atom stereocenters. The lowest BCUT2D eigenvalue weighted by atomic mass is 10.0. The van der Waals surface area contributed by atoms with Gasteiger partial charge >= 0.3 is 5.97 Å². The smallest absolute Gasteiger partial charge is 0.306 e. The third kappa shape index (κ3) is 39.5. The number of hydrogen-bond donors (Lipinski definition) is 3. The molecule has 0 aliphatic rings. The summed E-state index contributed by atoms with van der Waals surface area (Å²) in [5.41, 5.74) is 0.